The highest BCUT2D eigenvalue weighted by molar-refractivity contribution is 7.84. The third-order valence-corrected chi connectivity index (χ3v) is 4.90. The Labute approximate surface area is 136 Å². The highest BCUT2D eigenvalue weighted by Gasteiger charge is 2.21. The van der Waals surface area contributed by atoms with Crippen molar-refractivity contribution in [2.45, 2.75) is 58.2 Å². The zero-order chi connectivity index (χ0) is 16.8. The lowest BCUT2D eigenvalue weighted by Gasteiger charge is -2.22. The lowest BCUT2D eigenvalue weighted by atomic mass is 10.1. The first-order chi connectivity index (χ1) is 10.3. The van der Waals surface area contributed by atoms with Gasteiger partial charge in [-0.15, -0.1) is 0 Å². The monoisotopic (exact) mass is 325 g/mol. The number of carbonyl (C=O) groups excluding carboxylic acids is 1. The Morgan fingerprint density at radius 2 is 1.86 bits per heavy atom. The van der Waals surface area contributed by atoms with Crippen molar-refractivity contribution in [3.63, 3.8) is 0 Å². The average molecular weight is 325 g/mol. The third kappa shape index (κ3) is 5.89. The Bertz CT molecular complexity index is 506. The van der Waals surface area contributed by atoms with Gasteiger partial charge < -0.3 is 4.74 Å². The number of esters is 1. The normalized spacial score (nSPS) is 14.4. The summed E-state index contributed by atoms with van der Waals surface area (Å²) in [6.07, 6.45) is 1.88. The molecular formula is C17H27NO3S. The molecule has 0 amide bonds. The maximum absolute atomic E-state index is 12.1. The molecule has 0 unspecified atom stereocenters. The average Bonchev–Trinajstić information content (AvgIpc) is 2.46. The summed E-state index contributed by atoms with van der Waals surface area (Å²) in [5.41, 5.74) is 1.53. The van der Waals surface area contributed by atoms with E-state index in [1.54, 1.807) is 12.1 Å². The fourth-order valence-corrected chi connectivity index (χ4v) is 2.52. The van der Waals surface area contributed by atoms with Crippen LogP contribution >= 0.6 is 0 Å². The smallest absolute Gasteiger partial charge is 0.338 e. The second-order valence-corrected chi connectivity index (χ2v) is 8.33. The minimum Gasteiger partial charge on any atom is -0.462 e. The third-order valence-electron chi connectivity index (χ3n) is 3.22. The maximum Gasteiger partial charge on any atom is 0.338 e. The molecule has 1 aromatic rings. The Morgan fingerprint density at radius 1 is 1.27 bits per heavy atom. The fourth-order valence-electron chi connectivity index (χ4n) is 1.71. The molecule has 0 aliphatic heterocycles. The van der Waals surface area contributed by atoms with E-state index < -0.39 is 11.0 Å². The van der Waals surface area contributed by atoms with Crippen molar-refractivity contribution in [1.29, 1.82) is 0 Å². The van der Waals surface area contributed by atoms with Crippen LogP contribution in [0, 0.1) is 0 Å². The Morgan fingerprint density at radius 3 is 2.36 bits per heavy atom. The van der Waals surface area contributed by atoms with Crippen LogP contribution in [-0.4, -0.2) is 21.5 Å². The molecular weight excluding hydrogens is 298 g/mol. The molecule has 0 aliphatic rings. The first-order valence-electron chi connectivity index (χ1n) is 7.71. The van der Waals surface area contributed by atoms with Gasteiger partial charge in [0.05, 0.1) is 27.9 Å². The zero-order valence-corrected chi connectivity index (χ0v) is 15.0. The Kier molecular flexibility index (Phi) is 7.23. The van der Waals surface area contributed by atoms with Gasteiger partial charge >= 0.3 is 5.97 Å². The van der Waals surface area contributed by atoms with Crippen molar-refractivity contribution in [2.24, 2.45) is 0 Å². The van der Waals surface area contributed by atoms with Crippen molar-refractivity contribution in [3.8, 4) is 0 Å². The summed E-state index contributed by atoms with van der Waals surface area (Å²) >= 11 is 0. The van der Waals surface area contributed by atoms with Crippen LogP contribution in [0.1, 0.15) is 69.4 Å². The van der Waals surface area contributed by atoms with Gasteiger partial charge in [-0.25, -0.2) is 13.7 Å². The second kappa shape index (κ2) is 8.44. The van der Waals surface area contributed by atoms with Gasteiger partial charge in [-0.05, 0) is 51.8 Å². The Hall–Kier alpha value is -1.20. The summed E-state index contributed by atoms with van der Waals surface area (Å²) in [6.45, 7) is 10.3. The SMILES string of the molecule is CCCCOC(=O)c1ccc([C@@H](C)N[S@@](=O)C(C)(C)C)cc1. The highest BCUT2D eigenvalue weighted by atomic mass is 32.2. The minimum absolute atomic E-state index is 0.0507. The topological polar surface area (TPSA) is 55.4 Å². The van der Waals surface area contributed by atoms with E-state index in [0.717, 1.165) is 18.4 Å². The van der Waals surface area contributed by atoms with Crippen LogP contribution in [0.3, 0.4) is 0 Å². The lowest BCUT2D eigenvalue weighted by molar-refractivity contribution is 0.0499. The van der Waals surface area contributed by atoms with Gasteiger partial charge in [0.25, 0.3) is 0 Å². The van der Waals surface area contributed by atoms with Crippen molar-refractivity contribution in [3.05, 3.63) is 35.4 Å². The standard InChI is InChI=1S/C17H27NO3S/c1-6-7-12-21-16(19)15-10-8-14(9-11-15)13(2)18-22(20)17(3,4)5/h8-11,13,18H,6-7,12H2,1-5H3/t13-,22+/m1/s1. The summed E-state index contributed by atoms with van der Waals surface area (Å²) in [6, 6.07) is 7.19. The van der Waals surface area contributed by atoms with Gasteiger partial charge in [-0.2, -0.15) is 0 Å². The Balaban J connectivity index is 2.64. The molecule has 4 nitrogen and oxygen atoms in total. The molecule has 0 bridgehead atoms. The molecule has 1 aromatic carbocycles. The number of unbranched alkanes of at least 4 members (excludes halogenated alkanes) is 1. The van der Waals surface area contributed by atoms with E-state index in [0.29, 0.717) is 12.2 Å². The number of carbonyl (C=O) groups is 1. The molecule has 0 radical (unpaired) electrons. The molecule has 0 saturated carbocycles. The molecule has 124 valence electrons. The molecule has 0 aromatic heterocycles. The molecule has 0 heterocycles. The maximum atomic E-state index is 12.1. The van der Waals surface area contributed by atoms with Crippen LogP contribution in [0.2, 0.25) is 0 Å². The van der Waals surface area contributed by atoms with Crippen LogP contribution in [0.25, 0.3) is 0 Å². The van der Waals surface area contributed by atoms with Crippen molar-refractivity contribution < 1.29 is 13.7 Å². The van der Waals surface area contributed by atoms with Crippen molar-refractivity contribution >= 4 is 17.0 Å². The van der Waals surface area contributed by atoms with E-state index in [9.17, 15) is 9.00 Å². The van der Waals surface area contributed by atoms with Crippen molar-refractivity contribution in [2.75, 3.05) is 6.61 Å². The van der Waals surface area contributed by atoms with E-state index in [1.165, 1.54) is 0 Å². The van der Waals surface area contributed by atoms with Crippen molar-refractivity contribution in [1.82, 2.24) is 4.72 Å². The van der Waals surface area contributed by atoms with Crippen LogP contribution < -0.4 is 4.72 Å². The number of benzene rings is 1. The summed E-state index contributed by atoms with van der Waals surface area (Å²) in [7, 11) is -1.13. The van der Waals surface area contributed by atoms with Gasteiger partial charge in [-0.1, -0.05) is 25.5 Å². The van der Waals surface area contributed by atoms with Gasteiger partial charge in [0.2, 0.25) is 0 Å². The number of rotatable bonds is 7. The van der Waals surface area contributed by atoms with E-state index in [2.05, 4.69) is 11.6 Å². The molecule has 0 aliphatic carbocycles. The quantitative estimate of drug-likeness (QED) is 0.613. The fraction of sp³-hybridized carbons (Fsp3) is 0.588. The molecule has 0 fully saturated rings. The summed E-state index contributed by atoms with van der Waals surface area (Å²) in [5, 5.41) is 0. The van der Waals surface area contributed by atoms with Gasteiger partial charge in [0, 0.05) is 6.04 Å². The van der Waals surface area contributed by atoms with Crippen LogP contribution in [0.15, 0.2) is 24.3 Å². The summed E-state index contributed by atoms with van der Waals surface area (Å²) in [5.74, 6) is -0.293. The predicted molar refractivity (Wildman–Crippen MR) is 91.1 cm³/mol. The first-order valence-corrected chi connectivity index (χ1v) is 8.85. The largest absolute Gasteiger partial charge is 0.462 e. The highest BCUT2D eigenvalue weighted by Crippen LogP contribution is 2.18. The first kappa shape index (κ1) is 18.8. The predicted octanol–water partition coefficient (Wildman–Crippen LogP) is 3.76. The second-order valence-electron chi connectivity index (χ2n) is 6.33. The molecule has 1 rings (SSSR count). The van der Waals surface area contributed by atoms with Gasteiger partial charge in [0.15, 0.2) is 0 Å². The van der Waals surface area contributed by atoms with E-state index >= 15 is 0 Å². The lowest BCUT2D eigenvalue weighted by Crippen LogP contribution is -2.34. The number of nitrogens with one attached hydrogen (secondary N) is 1. The van der Waals surface area contributed by atoms with E-state index in [-0.39, 0.29) is 16.8 Å². The number of ether oxygens (including phenoxy) is 1. The molecule has 0 spiro atoms. The zero-order valence-electron chi connectivity index (χ0n) is 14.1. The van der Waals surface area contributed by atoms with Crippen LogP contribution in [-0.2, 0) is 15.7 Å². The van der Waals surface area contributed by atoms with Crippen LogP contribution in [0.5, 0.6) is 0 Å². The minimum atomic E-state index is -1.13. The summed E-state index contributed by atoms with van der Waals surface area (Å²) < 4.78 is 20.0. The molecule has 2 atom stereocenters. The molecule has 0 saturated heterocycles. The summed E-state index contributed by atoms with van der Waals surface area (Å²) in [4.78, 5) is 11.8. The van der Waals surface area contributed by atoms with E-state index in [1.807, 2.05) is 39.8 Å². The molecule has 1 N–H and O–H groups in total. The molecule has 22 heavy (non-hydrogen) atoms. The van der Waals surface area contributed by atoms with Crippen LogP contribution in [0.4, 0.5) is 0 Å². The molecule has 5 heteroatoms. The number of hydrogen-bond donors (Lipinski definition) is 1. The van der Waals surface area contributed by atoms with E-state index in [4.69, 9.17) is 4.74 Å². The van der Waals surface area contributed by atoms with Gasteiger partial charge in [-0.3, -0.25) is 0 Å². The van der Waals surface area contributed by atoms with Gasteiger partial charge in [0.1, 0.15) is 0 Å². The number of hydrogen-bond acceptors (Lipinski definition) is 3.